The highest BCUT2D eigenvalue weighted by molar-refractivity contribution is 7.80. The highest BCUT2D eigenvalue weighted by Crippen LogP contribution is 2.68. The molecule has 6 fully saturated rings. The van der Waals surface area contributed by atoms with E-state index in [1.54, 1.807) is 11.1 Å². The molecule has 0 aromatic heterocycles. The molecule has 0 spiro atoms. The van der Waals surface area contributed by atoms with Crippen LogP contribution < -0.4 is 0 Å². The quantitative estimate of drug-likeness (QED) is 0.116. The van der Waals surface area contributed by atoms with Gasteiger partial charge in [0.15, 0.2) is 0 Å². The summed E-state index contributed by atoms with van der Waals surface area (Å²) in [5.74, 6) is 6.01. The number of carbonyl (C=O) groups excluding carboxylic acids is 2. The molecule has 0 amide bonds. The molecule has 12 nitrogen and oxygen atoms in total. The van der Waals surface area contributed by atoms with Crippen LogP contribution in [0.3, 0.4) is 0 Å². The van der Waals surface area contributed by atoms with Gasteiger partial charge in [0.25, 0.3) is 0 Å². The van der Waals surface area contributed by atoms with E-state index in [0.29, 0.717) is 34.2 Å². The average Bonchev–Trinajstić information content (AvgIpc) is 3.61. The summed E-state index contributed by atoms with van der Waals surface area (Å²) in [6, 6.07) is 0. The Labute approximate surface area is 334 Å². The lowest BCUT2D eigenvalue weighted by Gasteiger charge is -2.57. The maximum Gasteiger partial charge on any atom is 0.394 e. The van der Waals surface area contributed by atoms with Gasteiger partial charge < -0.3 is 10.2 Å². The van der Waals surface area contributed by atoms with E-state index >= 15 is 0 Å². The number of ketones is 2. The summed E-state index contributed by atoms with van der Waals surface area (Å²) in [5, 5.41) is 20.1. The Bertz CT molecular complexity index is 1630. The van der Waals surface area contributed by atoms with Crippen molar-refractivity contribution >= 4 is 32.4 Å². The van der Waals surface area contributed by atoms with Crippen LogP contribution >= 0.6 is 0 Å². The topological polar surface area (TPSA) is 224 Å². The molecule has 320 valence electrons. The SMILES string of the molecule is CC(=O)C1CCC2C3CC=C4CC(O)CCC4(C)C3CCC12C.CC(=O)C1CCC2C3CC=C4CC(O)CCC4(C)C3CCC12C.O=S(=O)(O)O.O=S(=O)(O)O. The molecule has 8 aliphatic rings. The minimum absolute atomic E-state index is 0.117. The number of carbonyl (C=O) groups is 2. The number of aliphatic hydroxyl groups excluding tert-OH is 2. The van der Waals surface area contributed by atoms with Crippen LogP contribution in [0.5, 0.6) is 0 Å². The molecule has 56 heavy (non-hydrogen) atoms. The van der Waals surface area contributed by atoms with E-state index in [1.807, 2.05) is 13.8 Å². The number of Topliss-reactive ketones (excluding diaryl/α,β-unsaturated/α-hetero) is 2. The second kappa shape index (κ2) is 16.5. The summed E-state index contributed by atoms with van der Waals surface area (Å²) in [5.41, 5.74) is 4.23. The van der Waals surface area contributed by atoms with Gasteiger partial charge in [-0.25, -0.2) is 0 Å². The minimum atomic E-state index is -4.67. The molecule has 8 aliphatic carbocycles. The van der Waals surface area contributed by atoms with Gasteiger partial charge in [0.2, 0.25) is 0 Å². The molecule has 6 saturated carbocycles. The zero-order valence-electron chi connectivity index (χ0n) is 34.2. The Balaban J connectivity index is 0.000000173. The molecular weight excluding hydrogens is 761 g/mol. The van der Waals surface area contributed by atoms with Crippen molar-refractivity contribution in [3.63, 3.8) is 0 Å². The number of hydrogen-bond acceptors (Lipinski definition) is 8. The third-order valence-electron chi connectivity index (χ3n) is 17.1. The molecule has 14 heteroatoms. The van der Waals surface area contributed by atoms with Crippen molar-refractivity contribution in [2.24, 2.45) is 69.0 Å². The van der Waals surface area contributed by atoms with Crippen LogP contribution in [-0.4, -0.2) is 69.0 Å². The average molecular weight is 829 g/mol. The number of allylic oxidation sites excluding steroid dienone is 2. The molecule has 0 aromatic rings. The largest absolute Gasteiger partial charge is 0.394 e. The summed E-state index contributed by atoms with van der Waals surface area (Å²) >= 11 is 0. The lowest BCUT2D eigenvalue weighted by Crippen LogP contribution is -2.50. The third-order valence-corrected chi connectivity index (χ3v) is 17.1. The van der Waals surface area contributed by atoms with Gasteiger partial charge >= 0.3 is 20.8 Å². The summed E-state index contributed by atoms with van der Waals surface area (Å²) in [6.45, 7) is 13.4. The minimum Gasteiger partial charge on any atom is -0.393 e. The molecule has 0 radical (unpaired) electrons. The molecular formula is C42H68O12S2. The van der Waals surface area contributed by atoms with Crippen LogP contribution in [0.4, 0.5) is 0 Å². The summed E-state index contributed by atoms with van der Waals surface area (Å²) < 4.78 is 63.2. The fourth-order valence-electron chi connectivity index (χ4n) is 14.6. The van der Waals surface area contributed by atoms with Crippen LogP contribution in [0.1, 0.15) is 144 Å². The second-order valence-electron chi connectivity index (χ2n) is 19.8. The van der Waals surface area contributed by atoms with Crippen molar-refractivity contribution in [2.45, 2.75) is 156 Å². The first-order valence-corrected chi connectivity index (χ1v) is 23.7. The maximum absolute atomic E-state index is 12.2. The molecule has 0 aliphatic heterocycles. The molecule has 14 atom stereocenters. The van der Waals surface area contributed by atoms with Crippen LogP contribution in [0, 0.1) is 69.0 Å². The van der Waals surface area contributed by atoms with Crippen molar-refractivity contribution in [3.05, 3.63) is 23.3 Å². The lowest BCUT2D eigenvalue weighted by molar-refractivity contribution is -0.128. The third kappa shape index (κ3) is 9.27. The molecule has 0 aromatic carbocycles. The Hall–Kier alpha value is -1.52. The van der Waals surface area contributed by atoms with Gasteiger partial charge in [-0.1, -0.05) is 51.0 Å². The van der Waals surface area contributed by atoms with Gasteiger partial charge in [-0.15, -0.1) is 0 Å². The standard InChI is InChI=1S/2C21H32O2.2H2O4S/c2*1-13(22)17-6-7-18-16-5-4-14-12-15(23)8-10-20(14,2)19(16)9-11-21(17,18)3;2*1-5(2,3)4/h2*4,15-19,23H,5-12H2,1-3H3;2*(H2,1,2,3,4). The lowest BCUT2D eigenvalue weighted by atomic mass is 9.47. The highest BCUT2D eigenvalue weighted by Gasteiger charge is 2.61. The predicted octanol–water partition coefficient (Wildman–Crippen LogP) is 7.73. The van der Waals surface area contributed by atoms with Crippen LogP contribution in [0.25, 0.3) is 0 Å². The zero-order chi connectivity index (χ0) is 41.8. The highest BCUT2D eigenvalue weighted by atomic mass is 32.3. The van der Waals surface area contributed by atoms with Crippen molar-refractivity contribution < 1.29 is 54.8 Å². The number of aliphatic hydroxyl groups is 2. The Morgan fingerprint density at radius 1 is 0.536 bits per heavy atom. The molecule has 0 saturated heterocycles. The Morgan fingerprint density at radius 2 is 0.857 bits per heavy atom. The molecule has 6 N–H and O–H groups in total. The van der Waals surface area contributed by atoms with Gasteiger partial charge in [-0.2, -0.15) is 16.8 Å². The molecule has 14 unspecified atom stereocenters. The van der Waals surface area contributed by atoms with Crippen molar-refractivity contribution in [1.29, 1.82) is 0 Å². The number of hydrogen-bond donors (Lipinski definition) is 6. The fourth-order valence-corrected chi connectivity index (χ4v) is 14.6. The summed E-state index contributed by atoms with van der Waals surface area (Å²) in [7, 11) is -9.33. The monoisotopic (exact) mass is 828 g/mol. The molecule has 0 heterocycles. The van der Waals surface area contributed by atoms with E-state index in [-0.39, 0.29) is 23.0 Å². The first-order chi connectivity index (χ1) is 25.7. The Morgan fingerprint density at radius 3 is 1.16 bits per heavy atom. The number of rotatable bonds is 2. The Kier molecular flexibility index (Phi) is 13.4. The van der Waals surface area contributed by atoms with E-state index in [2.05, 4.69) is 39.8 Å². The van der Waals surface area contributed by atoms with Crippen molar-refractivity contribution in [2.75, 3.05) is 0 Å². The normalized spacial score (nSPS) is 44.9. The first-order valence-electron chi connectivity index (χ1n) is 20.9. The van der Waals surface area contributed by atoms with E-state index in [1.165, 1.54) is 51.4 Å². The van der Waals surface area contributed by atoms with Crippen molar-refractivity contribution in [1.82, 2.24) is 0 Å². The fraction of sp³-hybridized carbons (Fsp3) is 0.857. The molecule has 0 bridgehead atoms. The smallest absolute Gasteiger partial charge is 0.393 e. The van der Waals surface area contributed by atoms with Crippen LogP contribution in [-0.2, 0) is 30.4 Å². The van der Waals surface area contributed by atoms with Gasteiger partial charge in [-0.3, -0.25) is 27.8 Å². The first kappa shape index (κ1) is 45.6. The second-order valence-corrected chi connectivity index (χ2v) is 21.6. The van der Waals surface area contributed by atoms with E-state index < -0.39 is 20.8 Å². The van der Waals surface area contributed by atoms with Gasteiger partial charge in [0, 0.05) is 11.8 Å². The van der Waals surface area contributed by atoms with E-state index in [9.17, 15) is 19.8 Å². The summed E-state index contributed by atoms with van der Waals surface area (Å²) in [6.07, 6.45) is 22.9. The maximum atomic E-state index is 12.2. The van der Waals surface area contributed by atoms with Crippen molar-refractivity contribution in [3.8, 4) is 0 Å². The number of fused-ring (bicyclic) bond motifs is 10. The molecule has 8 rings (SSSR count). The van der Waals surface area contributed by atoms with Gasteiger partial charge in [0.05, 0.1) is 12.2 Å². The van der Waals surface area contributed by atoms with E-state index in [4.69, 9.17) is 35.0 Å². The van der Waals surface area contributed by atoms with Crippen LogP contribution in [0.15, 0.2) is 23.3 Å². The van der Waals surface area contributed by atoms with Gasteiger partial charge in [-0.05, 0) is 174 Å². The van der Waals surface area contributed by atoms with E-state index in [0.717, 1.165) is 86.9 Å². The van der Waals surface area contributed by atoms with Crippen LogP contribution in [0.2, 0.25) is 0 Å². The van der Waals surface area contributed by atoms with Gasteiger partial charge in [0.1, 0.15) is 11.6 Å². The zero-order valence-corrected chi connectivity index (χ0v) is 35.8. The predicted molar refractivity (Wildman–Crippen MR) is 212 cm³/mol. The summed E-state index contributed by atoms with van der Waals surface area (Å²) in [4.78, 5) is 24.3.